The minimum absolute atomic E-state index is 0.163. The molecule has 1 N–H and O–H groups in total. The molecule has 0 aromatic carbocycles. The predicted molar refractivity (Wildman–Crippen MR) is 29.5 cm³/mol. The Morgan fingerprint density at radius 1 is 1.75 bits per heavy atom. The first kappa shape index (κ1) is 6.01. The summed E-state index contributed by atoms with van der Waals surface area (Å²) in [6.07, 6.45) is 0.163. The second-order valence-corrected chi connectivity index (χ2v) is 2.17. The van der Waals surface area contributed by atoms with Gasteiger partial charge in [-0.25, -0.2) is 0 Å². The zero-order valence-electron chi connectivity index (χ0n) is 5.02. The maximum atomic E-state index is 10.6. The number of hydroxylamine groups is 2. The van der Waals surface area contributed by atoms with Crippen LogP contribution in [-0.4, -0.2) is 25.8 Å². The third-order valence-electron chi connectivity index (χ3n) is 1.30. The molecule has 1 unspecified atom stereocenters. The zero-order valence-corrected chi connectivity index (χ0v) is 5.02. The van der Waals surface area contributed by atoms with E-state index in [1.54, 1.807) is 0 Å². The van der Waals surface area contributed by atoms with Gasteiger partial charge in [-0.15, -0.1) is 0 Å². The standard InChI is InChI=1S/C5H11NO2/c1-5-4-6(7)2-3-8-5/h5-6H,2-4H2,1H3/t5-/m0/s1. The number of morpholine rings is 1. The number of nitrogens with one attached hydrogen (secondary N) is 1. The highest BCUT2D eigenvalue weighted by Gasteiger charge is 2.12. The van der Waals surface area contributed by atoms with Gasteiger partial charge in [0.05, 0.1) is 6.61 Å². The normalized spacial score (nSPS) is 39.8. The largest absolute Gasteiger partial charge is 0.634 e. The van der Waals surface area contributed by atoms with Crippen LogP contribution in [0, 0.1) is 5.21 Å². The number of rotatable bonds is 0. The van der Waals surface area contributed by atoms with Crippen LogP contribution in [0.1, 0.15) is 6.92 Å². The fourth-order valence-corrected chi connectivity index (χ4v) is 0.856. The molecule has 1 rings (SSSR count). The maximum absolute atomic E-state index is 10.6. The van der Waals surface area contributed by atoms with Crippen molar-refractivity contribution in [1.29, 1.82) is 0 Å². The smallest absolute Gasteiger partial charge is 0.104 e. The van der Waals surface area contributed by atoms with E-state index < -0.39 is 0 Å². The Bertz CT molecular complexity index is 68.8. The summed E-state index contributed by atoms with van der Waals surface area (Å²) in [6, 6.07) is 0. The molecule has 0 spiro atoms. The lowest BCUT2D eigenvalue weighted by Gasteiger charge is -2.30. The van der Waals surface area contributed by atoms with Crippen LogP contribution in [-0.2, 0) is 4.74 Å². The van der Waals surface area contributed by atoms with E-state index in [1.807, 2.05) is 6.92 Å². The summed E-state index contributed by atoms with van der Waals surface area (Å²) >= 11 is 0. The second-order valence-electron chi connectivity index (χ2n) is 2.17. The summed E-state index contributed by atoms with van der Waals surface area (Å²) in [5, 5.41) is 10.9. The monoisotopic (exact) mass is 117 g/mol. The van der Waals surface area contributed by atoms with Crippen molar-refractivity contribution in [3.8, 4) is 0 Å². The first-order valence-corrected chi connectivity index (χ1v) is 2.92. The van der Waals surface area contributed by atoms with E-state index >= 15 is 0 Å². The molecule has 8 heavy (non-hydrogen) atoms. The van der Waals surface area contributed by atoms with E-state index in [9.17, 15) is 5.21 Å². The molecule has 1 saturated heterocycles. The van der Waals surface area contributed by atoms with Gasteiger partial charge in [0, 0.05) is 0 Å². The summed E-state index contributed by atoms with van der Waals surface area (Å²) in [7, 11) is 0. The zero-order chi connectivity index (χ0) is 5.98. The van der Waals surface area contributed by atoms with Gasteiger partial charge in [-0.2, -0.15) is 0 Å². The van der Waals surface area contributed by atoms with Gasteiger partial charge in [-0.1, -0.05) is 0 Å². The Morgan fingerprint density at radius 3 is 2.88 bits per heavy atom. The summed E-state index contributed by atoms with van der Waals surface area (Å²) in [6.45, 7) is 3.78. The van der Waals surface area contributed by atoms with Crippen LogP contribution in [0.2, 0.25) is 0 Å². The average Bonchev–Trinajstić information content (AvgIpc) is 1.64. The lowest BCUT2D eigenvalue weighted by atomic mass is 10.3. The maximum Gasteiger partial charge on any atom is 0.104 e. The van der Waals surface area contributed by atoms with Crippen molar-refractivity contribution in [1.82, 2.24) is 0 Å². The van der Waals surface area contributed by atoms with Crippen LogP contribution in [0.5, 0.6) is 0 Å². The van der Waals surface area contributed by atoms with E-state index in [0.717, 1.165) is 0 Å². The molecule has 0 aromatic heterocycles. The van der Waals surface area contributed by atoms with Crippen molar-refractivity contribution in [2.75, 3.05) is 19.7 Å². The number of ether oxygens (including phenoxy) is 1. The third kappa shape index (κ3) is 1.43. The molecule has 3 heteroatoms. The van der Waals surface area contributed by atoms with Gasteiger partial charge in [0.1, 0.15) is 19.2 Å². The van der Waals surface area contributed by atoms with E-state index in [0.29, 0.717) is 24.8 Å². The molecule has 1 aliphatic heterocycles. The van der Waals surface area contributed by atoms with E-state index in [-0.39, 0.29) is 6.10 Å². The summed E-state index contributed by atoms with van der Waals surface area (Å²) in [5.74, 6) is 0. The fraction of sp³-hybridized carbons (Fsp3) is 1.00. The number of hydrogen-bond donors (Lipinski definition) is 1. The van der Waals surface area contributed by atoms with Crippen molar-refractivity contribution in [3.63, 3.8) is 0 Å². The van der Waals surface area contributed by atoms with Gasteiger partial charge < -0.3 is 15.0 Å². The highest BCUT2D eigenvalue weighted by Crippen LogP contribution is 1.87. The van der Waals surface area contributed by atoms with Crippen molar-refractivity contribution in [2.24, 2.45) is 0 Å². The molecule has 0 radical (unpaired) electrons. The summed E-state index contributed by atoms with van der Waals surface area (Å²) < 4.78 is 5.13. The van der Waals surface area contributed by atoms with Crippen LogP contribution in [0.15, 0.2) is 0 Å². The van der Waals surface area contributed by atoms with Crippen molar-refractivity contribution in [3.05, 3.63) is 5.21 Å². The summed E-state index contributed by atoms with van der Waals surface area (Å²) in [5.41, 5.74) is 0. The molecule has 1 heterocycles. The van der Waals surface area contributed by atoms with E-state index in [4.69, 9.17) is 4.74 Å². The molecule has 2 atom stereocenters. The first-order valence-electron chi connectivity index (χ1n) is 2.92. The SMILES string of the molecule is C[C@H]1C[NH+]([O-])CCO1. The Balaban J connectivity index is 2.23. The Kier molecular flexibility index (Phi) is 1.83. The van der Waals surface area contributed by atoms with Crippen molar-refractivity contribution in [2.45, 2.75) is 13.0 Å². The molecule has 0 bridgehead atoms. The average molecular weight is 117 g/mol. The molecule has 48 valence electrons. The van der Waals surface area contributed by atoms with Crippen molar-refractivity contribution >= 4 is 0 Å². The molecule has 1 aliphatic rings. The van der Waals surface area contributed by atoms with Crippen LogP contribution in [0.3, 0.4) is 0 Å². The van der Waals surface area contributed by atoms with Crippen LogP contribution in [0.4, 0.5) is 0 Å². The lowest BCUT2D eigenvalue weighted by molar-refractivity contribution is -0.861. The Labute approximate surface area is 48.8 Å². The van der Waals surface area contributed by atoms with Gasteiger partial charge in [0.15, 0.2) is 0 Å². The second kappa shape index (κ2) is 2.44. The summed E-state index contributed by atoms with van der Waals surface area (Å²) in [4.78, 5) is 0. The highest BCUT2D eigenvalue weighted by molar-refractivity contribution is 4.49. The van der Waals surface area contributed by atoms with E-state index in [1.165, 1.54) is 0 Å². The van der Waals surface area contributed by atoms with Gasteiger partial charge in [0.25, 0.3) is 0 Å². The first-order chi connectivity index (χ1) is 3.79. The Morgan fingerprint density at radius 2 is 2.50 bits per heavy atom. The van der Waals surface area contributed by atoms with Crippen molar-refractivity contribution < 1.29 is 9.80 Å². The van der Waals surface area contributed by atoms with Crippen LogP contribution in [0.25, 0.3) is 0 Å². The number of quaternary nitrogens is 1. The highest BCUT2D eigenvalue weighted by atomic mass is 16.5. The fourth-order valence-electron chi connectivity index (χ4n) is 0.856. The molecular weight excluding hydrogens is 106 g/mol. The minimum atomic E-state index is 0.163. The van der Waals surface area contributed by atoms with E-state index in [2.05, 4.69) is 0 Å². The molecule has 0 saturated carbocycles. The predicted octanol–water partition coefficient (Wildman–Crippen LogP) is -1.21. The molecule has 0 amide bonds. The Hall–Kier alpha value is -0.120. The topological polar surface area (TPSA) is 36.7 Å². The van der Waals surface area contributed by atoms with Gasteiger partial charge in [-0.05, 0) is 6.92 Å². The van der Waals surface area contributed by atoms with Crippen LogP contribution < -0.4 is 5.06 Å². The van der Waals surface area contributed by atoms with Gasteiger partial charge in [-0.3, -0.25) is 0 Å². The number of hydrogen-bond acceptors (Lipinski definition) is 2. The molecular formula is C5H11NO2. The van der Waals surface area contributed by atoms with Gasteiger partial charge >= 0.3 is 0 Å². The molecule has 0 aromatic rings. The van der Waals surface area contributed by atoms with Gasteiger partial charge in [0.2, 0.25) is 0 Å². The minimum Gasteiger partial charge on any atom is -0.634 e. The third-order valence-corrected chi connectivity index (χ3v) is 1.30. The quantitative estimate of drug-likeness (QED) is 0.404. The lowest BCUT2D eigenvalue weighted by Crippen LogP contribution is -3.10. The molecule has 0 aliphatic carbocycles. The van der Waals surface area contributed by atoms with Crippen LogP contribution >= 0.6 is 0 Å². The molecule has 1 fully saturated rings. The molecule has 3 nitrogen and oxygen atoms in total.